The fourth-order valence-corrected chi connectivity index (χ4v) is 2.34. The third kappa shape index (κ3) is 2.76. The van der Waals surface area contributed by atoms with E-state index in [1.54, 1.807) is 0 Å². The molecule has 2 rings (SSSR count). The molecule has 1 aromatic carbocycles. The zero-order valence-electron chi connectivity index (χ0n) is 9.49. The summed E-state index contributed by atoms with van der Waals surface area (Å²) >= 11 is 5.85. The summed E-state index contributed by atoms with van der Waals surface area (Å²) in [5, 5.41) is 13.1. The van der Waals surface area contributed by atoms with E-state index >= 15 is 0 Å². The number of hydrogen-bond acceptors (Lipinski definition) is 2. The molecule has 1 saturated carbocycles. The molecule has 0 spiro atoms. The monoisotopic (exact) mass is 239 g/mol. The largest absolute Gasteiger partial charge is 0.395 e. The van der Waals surface area contributed by atoms with Gasteiger partial charge in [0.25, 0.3) is 0 Å². The fraction of sp³-hybridized carbons (Fsp3) is 0.538. The highest BCUT2D eigenvalue weighted by Gasteiger charge is 2.30. The Balaban J connectivity index is 1.82. The summed E-state index contributed by atoms with van der Waals surface area (Å²) in [5.74, 6) is 0.653. The predicted octanol–water partition coefficient (Wildman–Crippen LogP) is 2.56. The third-order valence-corrected chi connectivity index (χ3v) is 3.53. The Bertz CT molecular complexity index is 332. The van der Waals surface area contributed by atoms with Crippen molar-refractivity contribution >= 4 is 11.6 Å². The Labute approximate surface area is 102 Å². The maximum Gasteiger partial charge on any atom is 0.0582 e. The smallest absolute Gasteiger partial charge is 0.0582 e. The van der Waals surface area contributed by atoms with Crippen LogP contribution in [-0.2, 0) is 0 Å². The minimum Gasteiger partial charge on any atom is -0.395 e. The molecule has 3 heteroatoms. The molecule has 0 bridgehead atoms. The van der Waals surface area contributed by atoms with Crippen molar-refractivity contribution < 1.29 is 5.11 Å². The lowest BCUT2D eigenvalue weighted by Gasteiger charge is -2.38. The molecule has 0 aliphatic heterocycles. The van der Waals surface area contributed by atoms with E-state index < -0.39 is 0 Å². The second-order valence-electron chi connectivity index (χ2n) is 4.67. The molecule has 0 amide bonds. The fourth-order valence-electron chi connectivity index (χ4n) is 2.22. The number of benzene rings is 1. The van der Waals surface area contributed by atoms with E-state index in [4.69, 9.17) is 16.7 Å². The Morgan fingerprint density at radius 2 is 2.00 bits per heavy atom. The van der Waals surface area contributed by atoms with Gasteiger partial charge in [0.2, 0.25) is 0 Å². The Kier molecular flexibility index (Phi) is 3.85. The lowest BCUT2D eigenvalue weighted by atomic mass is 9.75. The summed E-state index contributed by atoms with van der Waals surface area (Å²) in [4.78, 5) is 0. The van der Waals surface area contributed by atoms with Gasteiger partial charge < -0.3 is 10.4 Å². The zero-order chi connectivity index (χ0) is 11.5. The van der Waals surface area contributed by atoms with Gasteiger partial charge in [-0.3, -0.25) is 0 Å². The maximum absolute atomic E-state index is 8.94. The standard InChI is InChI=1S/C13H18ClNO/c1-9(8-16)15-13-6-11(7-13)10-2-4-12(14)5-3-10/h2-5,9,11,13,15-16H,6-8H2,1H3/t9-,11?,13?/m1/s1. The van der Waals surface area contributed by atoms with Crippen LogP contribution in [0.3, 0.4) is 0 Å². The van der Waals surface area contributed by atoms with Crippen LogP contribution in [0.1, 0.15) is 31.2 Å². The average Bonchev–Trinajstić information content (AvgIpc) is 2.24. The van der Waals surface area contributed by atoms with Crippen molar-refractivity contribution in [2.75, 3.05) is 6.61 Å². The predicted molar refractivity (Wildman–Crippen MR) is 66.9 cm³/mol. The zero-order valence-corrected chi connectivity index (χ0v) is 10.2. The number of halogens is 1. The highest BCUT2D eigenvalue weighted by atomic mass is 35.5. The van der Waals surface area contributed by atoms with E-state index in [-0.39, 0.29) is 12.6 Å². The van der Waals surface area contributed by atoms with Crippen molar-refractivity contribution in [2.24, 2.45) is 0 Å². The Morgan fingerprint density at radius 1 is 1.38 bits per heavy atom. The Hall–Kier alpha value is -0.570. The van der Waals surface area contributed by atoms with E-state index in [0.717, 1.165) is 17.9 Å². The molecular formula is C13H18ClNO. The van der Waals surface area contributed by atoms with Crippen LogP contribution in [0.5, 0.6) is 0 Å². The third-order valence-electron chi connectivity index (χ3n) is 3.27. The van der Waals surface area contributed by atoms with Gasteiger partial charge in [0.15, 0.2) is 0 Å². The van der Waals surface area contributed by atoms with Crippen LogP contribution >= 0.6 is 11.6 Å². The van der Waals surface area contributed by atoms with E-state index in [9.17, 15) is 0 Å². The van der Waals surface area contributed by atoms with Gasteiger partial charge in [-0.05, 0) is 43.4 Å². The van der Waals surface area contributed by atoms with Crippen molar-refractivity contribution in [3.8, 4) is 0 Å². The minimum absolute atomic E-state index is 0.205. The molecule has 0 aromatic heterocycles. The molecule has 1 fully saturated rings. The first kappa shape index (κ1) is 11.9. The van der Waals surface area contributed by atoms with Gasteiger partial charge in [0.05, 0.1) is 6.61 Å². The number of hydrogen-bond donors (Lipinski definition) is 2. The first-order chi connectivity index (χ1) is 7.69. The summed E-state index contributed by atoms with van der Waals surface area (Å²) in [6.07, 6.45) is 2.32. The summed E-state index contributed by atoms with van der Waals surface area (Å²) in [7, 11) is 0. The molecule has 88 valence electrons. The van der Waals surface area contributed by atoms with Crippen LogP contribution in [0.4, 0.5) is 0 Å². The molecular weight excluding hydrogens is 222 g/mol. The van der Waals surface area contributed by atoms with Crippen LogP contribution < -0.4 is 5.32 Å². The van der Waals surface area contributed by atoms with Crippen LogP contribution in [-0.4, -0.2) is 23.8 Å². The number of rotatable bonds is 4. The van der Waals surface area contributed by atoms with Gasteiger partial charge in [0, 0.05) is 17.1 Å². The highest BCUT2D eigenvalue weighted by Crippen LogP contribution is 2.37. The molecule has 2 nitrogen and oxygen atoms in total. The van der Waals surface area contributed by atoms with Gasteiger partial charge in [-0.1, -0.05) is 23.7 Å². The SMILES string of the molecule is C[C@H](CO)NC1CC(c2ccc(Cl)cc2)C1. The second-order valence-corrected chi connectivity index (χ2v) is 5.10. The molecule has 1 aliphatic carbocycles. The summed E-state index contributed by atoms with van der Waals surface area (Å²) in [6.45, 7) is 2.22. The number of nitrogens with one attached hydrogen (secondary N) is 1. The Morgan fingerprint density at radius 3 is 2.56 bits per heavy atom. The van der Waals surface area contributed by atoms with Crippen LogP contribution in [0, 0.1) is 0 Å². The number of aliphatic hydroxyl groups is 1. The molecule has 0 unspecified atom stereocenters. The lowest BCUT2D eigenvalue weighted by Crippen LogP contribution is -2.45. The molecule has 16 heavy (non-hydrogen) atoms. The van der Waals surface area contributed by atoms with Gasteiger partial charge in [-0.2, -0.15) is 0 Å². The number of aliphatic hydroxyl groups excluding tert-OH is 1. The molecule has 1 atom stereocenters. The van der Waals surface area contributed by atoms with E-state index in [1.165, 1.54) is 5.56 Å². The van der Waals surface area contributed by atoms with Crippen molar-refractivity contribution in [2.45, 2.75) is 37.8 Å². The normalized spacial score (nSPS) is 26.2. The lowest BCUT2D eigenvalue weighted by molar-refractivity contribution is 0.204. The van der Waals surface area contributed by atoms with Gasteiger partial charge in [-0.15, -0.1) is 0 Å². The molecule has 0 radical (unpaired) electrons. The first-order valence-electron chi connectivity index (χ1n) is 5.81. The van der Waals surface area contributed by atoms with Gasteiger partial charge in [0.1, 0.15) is 0 Å². The van der Waals surface area contributed by atoms with E-state index in [1.807, 2.05) is 19.1 Å². The van der Waals surface area contributed by atoms with Crippen LogP contribution in [0.2, 0.25) is 5.02 Å². The maximum atomic E-state index is 8.94. The topological polar surface area (TPSA) is 32.3 Å². The van der Waals surface area contributed by atoms with Crippen LogP contribution in [0.25, 0.3) is 0 Å². The van der Waals surface area contributed by atoms with Crippen molar-refractivity contribution in [3.63, 3.8) is 0 Å². The quantitative estimate of drug-likeness (QED) is 0.847. The van der Waals surface area contributed by atoms with Crippen molar-refractivity contribution in [3.05, 3.63) is 34.9 Å². The molecule has 0 saturated heterocycles. The molecule has 2 N–H and O–H groups in total. The average molecular weight is 240 g/mol. The second kappa shape index (κ2) is 5.17. The minimum atomic E-state index is 0.205. The summed E-state index contributed by atoms with van der Waals surface area (Å²) in [5.41, 5.74) is 1.37. The molecule has 1 aliphatic rings. The summed E-state index contributed by atoms with van der Waals surface area (Å²) < 4.78 is 0. The van der Waals surface area contributed by atoms with Gasteiger partial charge >= 0.3 is 0 Å². The van der Waals surface area contributed by atoms with Crippen LogP contribution in [0.15, 0.2) is 24.3 Å². The van der Waals surface area contributed by atoms with Crippen molar-refractivity contribution in [1.29, 1.82) is 0 Å². The van der Waals surface area contributed by atoms with Crippen molar-refractivity contribution in [1.82, 2.24) is 5.32 Å². The van der Waals surface area contributed by atoms with E-state index in [0.29, 0.717) is 12.0 Å². The molecule has 0 heterocycles. The highest BCUT2D eigenvalue weighted by molar-refractivity contribution is 6.30. The molecule has 1 aromatic rings. The summed E-state index contributed by atoms with van der Waals surface area (Å²) in [6, 6.07) is 8.89. The first-order valence-corrected chi connectivity index (χ1v) is 6.19. The van der Waals surface area contributed by atoms with Gasteiger partial charge in [-0.25, -0.2) is 0 Å². The van der Waals surface area contributed by atoms with E-state index in [2.05, 4.69) is 17.4 Å².